The molecule has 1 aromatic rings. The number of hydrogen-bond donors (Lipinski definition) is 2. The summed E-state index contributed by atoms with van der Waals surface area (Å²) < 4.78 is 0. The van der Waals surface area contributed by atoms with Gasteiger partial charge in [0.1, 0.15) is 0 Å². The fraction of sp³-hybridized carbons (Fsp3) is 0.600. The summed E-state index contributed by atoms with van der Waals surface area (Å²) >= 11 is 0. The molecule has 17 heavy (non-hydrogen) atoms. The van der Waals surface area contributed by atoms with Gasteiger partial charge in [-0.1, -0.05) is 18.2 Å². The third-order valence-electron chi connectivity index (χ3n) is 3.56. The monoisotopic (exact) mass is 232 g/mol. The third-order valence-corrected chi connectivity index (χ3v) is 3.56. The van der Waals surface area contributed by atoms with Gasteiger partial charge in [0.2, 0.25) is 0 Å². The van der Waals surface area contributed by atoms with E-state index in [9.17, 15) is 0 Å². The maximum Gasteiger partial charge on any atom is 0.0213 e. The molecule has 2 rings (SSSR count). The van der Waals surface area contributed by atoms with Gasteiger partial charge in [-0.2, -0.15) is 0 Å². The van der Waals surface area contributed by atoms with Gasteiger partial charge in [0.15, 0.2) is 0 Å². The summed E-state index contributed by atoms with van der Waals surface area (Å²) in [5, 5.41) is 7.16. The molecule has 1 aromatic carbocycles. The van der Waals surface area contributed by atoms with Crippen LogP contribution in [0.4, 0.5) is 0 Å². The van der Waals surface area contributed by atoms with Crippen LogP contribution in [0.5, 0.6) is 0 Å². The lowest BCUT2D eigenvalue weighted by molar-refractivity contribution is 0.499. The Kier molecular flexibility index (Phi) is 4.19. The van der Waals surface area contributed by atoms with E-state index in [0.29, 0.717) is 6.04 Å². The first-order valence-corrected chi connectivity index (χ1v) is 6.68. The minimum absolute atomic E-state index is 0.537. The molecule has 2 heteroatoms. The highest BCUT2D eigenvalue weighted by molar-refractivity contribution is 5.33. The molecule has 94 valence electrons. The minimum atomic E-state index is 0.537. The zero-order valence-corrected chi connectivity index (χ0v) is 11.2. The summed E-state index contributed by atoms with van der Waals surface area (Å²) in [4.78, 5) is 0. The van der Waals surface area contributed by atoms with Gasteiger partial charge in [0, 0.05) is 25.2 Å². The van der Waals surface area contributed by atoms with Gasteiger partial charge in [-0.25, -0.2) is 0 Å². The molecule has 2 N–H and O–H groups in total. The van der Waals surface area contributed by atoms with Crippen LogP contribution in [0, 0.1) is 13.8 Å². The van der Waals surface area contributed by atoms with Crippen molar-refractivity contribution in [3.05, 3.63) is 34.9 Å². The first kappa shape index (κ1) is 12.6. The van der Waals surface area contributed by atoms with E-state index in [1.807, 2.05) is 0 Å². The largest absolute Gasteiger partial charge is 0.312 e. The molecule has 0 aromatic heterocycles. The standard InChI is InChI=1S/C15H24N2/c1-11-5-4-6-12(2)15(11)10-16-13(3)9-17-14-7-8-14/h4-6,13-14,16-17H,7-10H2,1-3H3. The zero-order chi connectivity index (χ0) is 12.3. The molecule has 0 bridgehead atoms. The highest BCUT2D eigenvalue weighted by Gasteiger charge is 2.20. The van der Waals surface area contributed by atoms with E-state index in [1.165, 1.54) is 29.5 Å². The van der Waals surface area contributed by atoms with E-state index >= 15 is 0 Å². The molecule has 1 fully saturated rings. The van der Waals surface area contributed by atoms with Gasteiger partial charge in [0.25, 0.3) is 0 Å². The molecule has 0 amide bonds. The fourth-order valence-corrected chi connectivity index (χ4v) is 2.11. The Balaban J connectivity index is 1.79. The molecule has 1 unspecified atom stereocenters. The number of rotatable bonds is 6. The predicted octanol–water partition coefficient (Wildman–Crippen LogP) is 2.53. The zero-order valence-electron chi connectivity index (χ0n) is 11.2. The normalized spacial score (nSPS) is 17.1. The Morgan fingerprint density at radius 3 is 2.47 bits per heavy atom. The van der Waals surface area contributed by atoms with Crippen LogP contribution in [0.1, 0.15) is 36.5 Å². The second kappa shape index (κ2) is 5.65. The van der Waals surface area contributed by atoms with Gasteiger partial charge in [0.05, 0.1) is 0 Å². The van der Waals surface area contributed by atoms with Crippen LogP contribution in [-0.4, -0.2) is 18.6 Å². The van der Waals surface area contributed by atoms with Gasteiger partial charge < -0.3 is 10.6 Å². The van der Waals surface area contributed by atoms with Crippen LogP contribution < -0.4 is 10.6 Å². The van der Waals surface area contributed by atoms with Gasteiger partial charge in [-0.15, -0.1) is 0 Å². The average Bonchev–Trinajstić information content (AvgIpc) is 3.09. The van der Waals surface area contributed by atoms with E-state index in [2.05, 4.69) is 49.6 Å². The lowest BCUT2D eigenvalue weighted by Crippen LogP contribution is -2.37. The number of benzene rings is 1. The summed E-state index contributed by atoms with van der Waals surface area (Å²) in [7, 11) is 0. The van der Waals surface area contributed by atoms with Crippen molar-refractivity contribution in [1.82, 2.24) is 10.6 Å². The van der Waals surface area contributed by atoms with Crippen molar-refractivity contribution in [3.8, 4) is 0 Å². The van der Waals surface area contributed by atoms with Gasteiger partial charge >= 0.3 is 0 Å². The second-order valence-corrected chi connectivity index (χ2v) is 5.33. The molecule has 1 aliphatic carbocycles. The Morgan fingerprint density at radius 1 is 1.24 bits per heavy atom. The highest BCUT2D eigenvalue weighted by atomic mass is 15.0. The van der Waals surface area contributed by atoms with Gasteiger partial charge in [-0.05, 0) is 50.3 Å². The number of hydrogen-bond acceptors (Lipinski definition) is 2. The molecule has 1 atom stereocenters. The second-order valence-electron chi connectivity index (χ2n) is 5.33. The molecule has 1 aliphatic rings. The molecule has 1 saturated carbocycles. The van der Waals surface area contributed by atoms with Crippen molar-refractivity contribution in [2.45, 2.75) is 52.2 Å². The third kappa shape index (κ3) is 3.83. The van der Waals surface area contributed by atoms with Crippen molar-refractivity contribution < 1.29 is 0 Å². The maximum absolute atomic E-state index is 3.60. The first-order chi connectivity index (χ1) is 8.16. The van der Waals surface area contributed by atoms with Crippen LogP contribution in [0.2, 0.25) is 0 Å². The summed E-state index contributed by atoms with van der Waals surface area (Å²) in [6.45, 7) is 8.69. The highest BCUT2D eigenvalue weighted by Crippen LogP contribution is 2.18. The molecule has 0 heterocycles. The predicted molar refractivity (Wildman–Crippen MR) is 73.2 cm³/mol. The smallest absolute Gasteiger partial charge is 0.0213 e. The Morgan fingerprint density at radius 2 is 1.88 bits per heavy atom. The summed E-state index contributed by atoms with van der Waals surface area (Å²) in [6, 6.07) is 7.86. The van der Waals surface area contributed by atoms with Crippen LogP contribution in [0.15, 0.2) is 18.2 Å². The van der Waals surface area contributed by atoms with Crippen molar-refractivity contribution >= 4 is 0 Å². The molecular weight excluding hydrogens is 208 g/mol. The SMILES string of the molecule is Cc1cccc(C)c1CNC(C)CNC1CC1. The van der Waals surface area contributed by atoms with Crippen molar-refractivity contribution in [1.29, 1.82) is 0 Å². The lowest BCUT2D eigenvalue weighted by atomic mass is 10.0. The van der Waals surface area contributed by atoms with Gasteiger partial charge in [-0.3, -0.25) is 0 Å². The number of aryl methyl sites for hydroxylation is 2. The van der Waals surface area contributed by atoms with Crippen LogP contribution in [0.25, 0.3) is 0 Å². The van der Waals surface area contributed by atoms with Crippen molar-refractivity contribution in [3.63, 3.8) is 0 Å². The van der Waals surface area contributed by atoms with E-state index in [1.54, 1.807) is 0 Å². The average molecular weight is 232 g/mol. The Bertz CT molecular complexity index is 349. The Labute approximate surface area is 105 Å². The van der Waals surface area contributed by atoms with Crippen molar-refractivity contribution in [2.75, 3.05) is 6.54 Å². The Hall–Kier alpha value is -0.860. The van der Waals surface area contributed by atoms with E-state index < -0.39 is 0 Å². The molecular formula is C15H24N2. The maximum atomic E-state index is 3.60. The first-order valence-electron chi connectivity index (χ1n) is 6.68. The molecule has 0 radical (unpaired) electrons. The fourth-order valence-electron chi connectivity index (χ4n) is 2.11. The summed E-state index contributed by atoms with van der Waals surface area (Å²) in [5.74, 6) is 0. The molecule has 2 nitrogen and oxygen atoms in total. The van der Waals surface area contributed by atoms with E-state index in [0.717, 1.165) is 19.1 Å². The van der Waals surface area contributed by atoms with Crippen LogP contribution in [-0.2, 0) is 6.54 Å². The molecule has 0 saturated heterocycles. The van der Waals surface area contributed by atoms with Crippen LogP contribution in [0.3, 0.4) is 0 Å². The quantitative estimate of drug-likeness (QED) is 0.787. The minimum Gasteiger partial charge on any atom is -0.312 e. The van der Waals surface area contributed by atoms with E-state index in [4.69, 9.17) is 0 Å². The van der Waals surface area contributed by atoms with Crippen LogP contribution >= 0.6 is 0 Å². The summed E-state index contributed by atoms with van der Waals surface area (Å²) in [6.07, 6.45) is 2.73. The number of nitrogens with one attached hydrogen (secondary N) is 2. The molecule has 0 aliphatic heterocycles. The van der Waals surface area contributed by atoms with Crippen molar-refractivity contribution in [2.24, 2.45) is 0 Å². The lowest BCUT2D eigenvalue weighted by Gasteiger charge is -2.17. The topological polar surface area (TPSA) is 24.1 Å². The van der Waals surface area contributed by atoms with E-state index in [-0.39, 0.29) is 0 Å². The molecule has 0 spiro atoms. The summed E-state index contributed by atoms with van der Waals surface area (Å²) in [5.41, 5.74) is 4.23.